The molecule has 0 radical (unpaired) electrons. The van der Waals surface area contributed by atoms with Gasteiger partial charge >= 0.3 is 10.2 Å². The Morgan fingerprint density at radius 1 is 1.11 bits per heavy atom. The van der Waals surface area contributed by atoms with Gasteiger partial charge in [0, 0.05) is 54.1 Å². The van der Waals surface area contributed by atoms with Gasteiger partial charge in [0.15, 0.2) is 0 Å². The maximum absolute atomic E-state index is 13.1. The van der Waals surface area contributed by atoms with E-state index in [9.17, 15) is 13.2 Å². The fourth-order valence-corrected chi connectivity index (χ4v) is 7.28. The third-order valence-electron chi connectivity index (χ3n) is 8.98. The minimum atomic E-state index is -3.89. The lowest BCUT2D eigenvalue weighted by Gasteiger charge is -2.24. The number of methoxy groups -OCH3 is 1. The van der Waals surface area contributed by atoms with E-state index in [1.807, 2.05) is 25.2 Å². The first-order valence-corrected chi connectivity index (χ1v) is 14.9. The van der Waals surface area contributed by atoms with Crippen LogP contribution >= 0.6 is 0 Å². The summed E-state index contributed by atoms with van der Waals surface area (Å²) < 4.78 is 35.9. The van der Waals surface area contributed by atoms with Gasteiger partial charge < -0.3 is 14.6 Å². The first-order chi connectivity index (χ1) is 18.2. The molecule has 1 amide bonds. The minimum absolute atomic E-state index is 0.0747. The number of benzene rings is 2. The zero-order chi connectivity index (χ0) is 26.8. The molecule has 1 aliphatic heterocycles. The Balaban J connectivity index is 1.58. The summed E-state index contributed by atoms with van der Waals surface area (Å²) in [7, 11) is 2.65. The van der Waals surface area contributed by atoms with E-state index in [2.05, 4.69) is 26.7 Å². The third kappa shape index (κ3) is 3.94. The number of rotatable bonds is 6. The predicted octanol–water partition coefficient (Wildman–Crippen LogP) is 4.36. The molecule has 202 valence electrons. The highest BCUT2D eigenvalue weighted by atomic mass is 32.2. The molecule has 2 heterocycles. The van der Waals surface area contributed by atoms with Crippen molar-refractivity contribution in [3.63, 3.8) is 0 Å². The summed E-state index contributed by atoms with van der Waals surface area (Å²) >= 11 is 0. The standard InChI is InChI=1S/C29H36N4O4S/c1-30-29-16-24(29)23-15-20(37-4)11-13-21(23)27-26(18-8-6-5-7-9-18)22-12-10-19(14-25(22)33(27)17-29)28(34)31-38(35,36)32(2)3/h10-15,18,24,30H,5-9,16-17H2,1-4H3,(H,31,34). The Morgan fingerprint density at radius 3 is 2.55 bits per heavy atom. The third-order valence-corrected chi connectivity index (χ3v) is 10.4. The van der Waals surface area contributed by atoms with Crippen LogP contribution in [0, 0.1) is 0 Å². The van der Waals surface area contributed by atoms with Crippen LogP contribution in [0.3, 0.4) is 0 Å². The molecule has 9 heteroatoms. The van der Waals surface area contributed by atoms with Gasteiger partial charge in [-0.1, -0.05) is 25.3 Å². The molecule has 2 saturated carbocycles. The van der Waals surface area contributed by atoms with Crippen molar-refractivity contribution in [3.05, 3.63) is 53.1 Å². The molecule has 2 aliphatic carbocycles. The summed E-state index contributed by atoms with van der Waals surface area (Å²) in [6.07, 6.45) is 7.05. The van der Waals surface area contributed by atoms with Gasteiger partial charge in [-0.2, -0.15) is 12.7 Å². The predicted molar refractivity (Wildman–Crippen MR) is 149 cm³/mol. The molecule has 3 aliphatic rings. The molecular formula is C29H36N4O4S. The van der Waals surface area contributed by atoms with Crippen LogP contribution in [0.1, 0.15) is 71.8 Å². The zero-order valence-electron chi connectivity index (χ0n) is 22.5. The van der Waals surface area contributed by atoms with E-state index in [0.29, 0.717) is 17.4 Å². The minimum Gasteiger partial charge on any atom is -0.497 e. The molecule has 1 aromatic heterocycles. The number of fused-ring (bicyclic) bond motifs is 7. The van der Waals surface area contributed by atoms with Crippen LogP contribution in [0.4, 0.5) is 0 Å². The highest BCUT2D eigenvalue weighted by Gasteiger charge is 2.57. The number of hydrogen-bond donors (Lipinski definition) is 2. The first kappa shape index (κ1) is 25.4. The molecule has 0 saturated heterocycles. The van der Waals surface area contributed by atoms with Gasteiger partial charge in [-0.05, 0) is 73.7 Å². The quantitative estimate of drug-likeness (QED) is 0.488. The number of ether oxygens (including phenoxy) is 1. The Kier molecular flexibility index (Phi) is 6.09. The van der Waals surface area contributed by atoms with Crippen LogP contribution in [0.15, 0.2) is 36.4 Å². The van der Waals surface area contributed by atoms with Crippen molar-refractivity contribution in [1.82, 2.24) is 18.9 Å². The lowest BCUT2D eigenvalue weighted by atomic mass is 9.81. The molecule has 0 spiro atoms. The number of carbonyl (C=O) groups is 1. The summed E-state index contributed by atoms with van der Waals surface area (Å²) in [6.45, 7) is 0.783. The summed E-state index contributed by atoms with van der Waals surface area (Å²) in [5.41, 5.74) is 6.41. The number of likely N-dealkylation sites (N-methyl/N-ethyl adjacent to an activating group) is 1. The van der Waals surface area contributed by atoms with Gasteiger partial charge in [-0.3, -0.25) is 4.79 Å². The van der Waals surface area contributed by atoms with Crippen molar-refractivity contribution >= 4 is 27.0 Å². The number of amides is 1. The van der Waals surface area contributed by atoms with E-state index in [1.165, 1.54) is 55.7 Å². The van der Waals surface area contributed by atoms with Crippen molar-refractivity contribution in [2.24, 2.45) is 0 Å². The number of aromatic nitrogens is 1. The monoisotopic (exact) mass is 536 g/mol. The van der Waals surface area contributed by atoms with Gasteiger partial charge in [0.1, 0.15) is 5.75 Å². The number of carbonyl (C=O) groups excluding carboxylic acids is 1. The molecule has 2 fully saturated rings. The highest BCUT2D eigenvalue weighted by Crippen LogP contribution is 2.59. The number of hydrogen-bond acceptors (Lipinski definition) is 5. The van der Waals surface area contributed by atoms with Crippen LogP contribution in [-0.4, -0.2) is 57.0 Å². The van der Waals surface area contributed by atoms with Crippen LogP contribution < -0.4 is 14.8 Å². The van der Waals surface area contributed by atoms with Crippen molar-refractivity contribution in [3.8, 4) is 17.0 Å². The van der Waals surface area contributed by atoms with Crippen molar-refractivity contribution < 1.29 is 17.9 Å². The summed E-state index contributed by atoms with van der Waals surface area (Å²) in [5, 5.41) is 4.78. The normalized spacial score (nSPS) is 22.9. The Morgan fingerprint density at radius 2 is 1.87 bits per heavy atom. The van der Waals surface area contributed by atoms with Crippen LogP contribution in [-0.2, 0) is 16.8 Å². The maximum atomic E-state index is 13.1. The summed E-state index contributed by atoms with van der Waals surface area (Å²) in [5.74, 6) is 1.07. The van der Waals surface area contributed by atoms with E-state index in [4.69, 9.17) is 4.74 Å². The van der Waals surface area contributed by atoms with Gasteiger partial charge in [-0.15, -0.1) is 0 Å². The fraction of sp³-hybridized carbons (Fsp3) is 0.483. The highest BCUT2D eigenvalue weighted by molar-refractivity contribution is 7.87. The second-order valence-corrected chi connectivity index (χ2v) is 13.1. The maximum Gasteiger partial charge on any atom is 0.303 e. The molecule has 8 nitrogen and oxygen atoms in total. The van der Waals surface area contributed by atoms with E-state index < -0.39 is 16.1 Å². The molecule has 38 heavy (non-hydrogen) atoms. The van der Waals surface area contributed by atoms with E-state index in [0.717, 1.165) is 46.8 Å². The molecule has 2 atom stereocenters. The second-order valence-electron chi connectivity index (χ2n) is 11.2. The molecule has 0 bridgehead atoms. The van der Waals surface area contributed by atoms with E-state index >= 15 is 0 Å². The van der Waals surface area contributed by atoms with Crippen LogP contribution in [0.25, 0.3) is 22.2 Å². The number of nitrogens with zero attached hydrogens (tertiary/aromatic N) is 2. The smallest absolute Gasteiger partial charge is 0.303 e. The molecule has 2 unspecified atom stereocenters. The summed E-state index contributed by atoms with van der Waals surface area (Å²) in [4.78, 5) is 13.1. The first-order valence-electron chi connectivity index (χ1n) is 13.5. The molecular weight excluding hydrogens is 500 g/mol. The summed E-state index contributed by atoms with van der Waals surface area (Å²) in [6, 6.07) is 12.1. The van der Waals surface area contributed by atoms with Gasteiger partial charge in [-0.25, -0.2) is 4.72 Å². The van der Waals surface area contributed by atoms with Crippen molar-refractivity contribution in [1.29, 1.82) is 0 Å². The number of nitrogens with one attached hydrogen (secondary N) is 2. The van der Waals surface area contributed by atoms with Crippen LogP contribution in [0.2, 0.25) is 0 Å². The largest absolute Gasteiger partial charge is 0.497 e. The van der Waals surface area contributed by atoms with E-state index in [1.54, 1.807) is 13.2 Å². The average molecular weight is 537 g/mol. The molecule has 6 rings (SSSR count). The van der Waals surface area contributed by atoms with Gasteiger partial charge in [0.25, 0.3) is 5.91 Å². The Labute approximate surface area is 224 Å². The Hall–Kier alpha value is -2.88. The fourth-order valence-electron chi connectivity index (χ4n) is 6.74. The molecule has 2 aromatic carbocycles. The van der Waals surface area contributed by atoms with Crippen molar-refractivity contribution in [2.75, 3.05) is 28.3 Å². The molecule has 3 aromatic rings. The molecule has 2 N–H and O–H groups in total. The van der Waals surface area contributed by atoms with Crippen molar-refractivity contribution in [2.45, 2.75) is 62.4 Å². The Bertz CT molecular complexity index is 1540. The zero-order valence-corrected chi connectivity index (χ0v) is 23.3. The lowest BCUT2D eigenvalue weighted by molar-refractivity contribution is 0.0980. The van der Waals surface area contributed by atoms with Gasteiger partial charge in [0.05, 0.1) is 12.8 Å². The van der Waals surface area contributed by atoms with E-state index in [-0.39, 0.29) is 5.54 Å². The topological polar surface area (TPSA) is 92.7 Å². The SMILES string of the molecule is CNC12CC1c1cc(OC)ccc1-c1c(C3CCCCC3)c3ccc(C(=O)NS(=O)(=O)N(C)C)cc3n1C2. The van der Waals surface area contributed by atoms with Gasteiger partial charge in [0.2, 0.25) is 0 Å². The van der Waals surface area contributed by atoms with Crippen LogP contribution in [0.5, 0.6) is 5.75 Å². The lowest BCUT2D eigenvalue weighted by Crippen LogP contribution is -2.39. The average Bonchev–Trinajstić information content (AvgIpc) is 3.57. The second kappa shape index (κ2) is 9.10.